The highest BCUT2D eigenvalue weighted by molar-refractivity contribution is 7.92. The molecule has 0 radical (unpaired) electrons. The van der Waals surface area contributed by atoms with E-state index in [-0.39, 0.29) is 0 Å². The van der Waals surface area contributed by atoms with Crippen molar-refractivity contribution in [2.75, 3.05) is 5.75 Å². The zero-order valence-electron chi connectivity index (χ0n) is 11.3. The zero-order chi connectivity index (χ0) is 15.8. The van der Waals surface area contributed by atoms with E-state index in [1.165, 1.54) is 0 Å². The number of Topliss-reactive ketones (excluding diaryl/α,β-unsaturated/α-hetero) is 1. The number of hydrogen-bond acceptors (Lipinski definition) is 3. The Bertz CT molecular complexity index is 610. The standard InChI is InChI=1S/C13H15F3O3S/c1-12(2,3)11(17)8-20(18,19)10-6-4-5-9(7-10)13(14,15)16/h4-7H,8H2,1-3H3. The van der Waals surface area contributed by atoms with Gasteiger partial charge in [-0.25, -0.2) is 8.42 Å². The number of sulfone groups is 1. The van der Waals surface area contributed by atoms with Crippen LogP contribution in [0.4, 0.5) is 13.2 Å². The third kappa shape index (κ3) is 4.06. The molecule has 0 aromatic heterocycles. The van der Waals surface area contributed by atoms with Gasteiger partial charge in [-0.05, 0) is 18.2 Å². The van der Waals surface area contributed by atoms with Gasteiger partial charge in [-0.15, -0.1) is 0 Å². The van der Waals surface area contributed by atoms with E-state index >= 15 is 0 Å². The van der Waals surface area contributed by atoms with E-state index in [4.69, 9.17) is 0 Å². The van der Waals surface area contributed by atoms with Gasteiger partial charge in [0, 0.05) is 5.41 Å². The maximum atomic E-state index is 12.5. The highest BCUT2D eigenvalue weighted by Crippen LogP contribution is 2.31. The lowest BCUT2D eigenvalue weighted by atomic mass is 9.92. The molecule has 7 heteroatoms. The molecule has 0 aliphatic carbocycles. The number of hydrogen-bond donors (Lipinski definition) is 0. The van der Waals surface area contributed by atoms with E-state index in [1.807, 2.05) is 0 Å². The summed E-state index contributed by atoms with van der Waals surface area (Å²) in [5.41, 5.74) is -1.92. The van der Waals surface area contributed by atoms with Crippen molar-refractivity contribution in [1.82, 2.24) is 0 Å². The minimum absolute atomic E-state index is 0.495. The van der Waals surface area contributed by atoms with Gasteiger partial charge < -0.3 is 0 Å². The van der Waals surface area contributed by atoms with Crippen molar-refractivity contribution in [2.45, 2.75) is 31.8 Å². The Morgan fingerprint density at radius 3 is 2.15 bits per heavy atom. The van der Waals surface area contributed by atoms with Gasteiger partial charge in [0.1, 0.15) is 5.75 Å². The molecule has 0 amide bonds. The highest BCUT2D eigenvalue weighted by atomic mass is 32.2. The summed E-state index contributed by atoms with van der Waals surface area (Å²) in [5.74, 6) is -1.35. The van der Waals surface area contributed by atoms with Crippen LogP contribution in [-0.2, 0) is 20.8 Å². The van der Waals surface area contributed by atoms with Crippen LogP contribution in [0.3, 0.4) is 0 Å². The maximum Gasteiger partial charge on any atom is 0.416 e. The number of ketones is 1. The Kier molecular flexibility index (Phi) is 4.34. The fourth-order valence-electron chi connectivity index (χ4n) is 1.34. The molecule has 0 bridgehead atoms. The van der Waals surface area contributed by atoms with Crippen LogP contribution in [0, 0.1) is 5.41 Å². The first-order valence-corrected chi connectivity index (χ1v) is 7.42. The molecule has 0 fully saturated rings. The minimum atomic E-state index is -4.63. The molecular weight excluding hydrogens is 293 g/mol. The fourth-order valence-corrected chi connectivity index (χ4v) is 2.88. The minimum Gasteiger partial charge on any atom is -0.298 e. The van der Waals surface area contributed by atoms with Crippen molar-refractivity contribution < 1.29 is 26.4 Å². The maximum absolute atomic E-state index is 12.5. The first kappa shape index (κ1) is 16.7. The van der Waals surface area contributed by atoms with E-state index in [9.17, 15) is 26.4 Å². The summed E-state index contributed by atoms with van der Waals surface area (Å²) in [6, 6.07) is 3.40. The van der Waals surface area contributed by atoms with E-state index in [1.54, 1.807) is 20.8 Å². The normalized spacial score (nSPS) is 13.3. The highest BCUT2D eigenvalue weighted by Gasteiger charge is 2.33. The monoisotopic (exact) mass is 308 g/mol. The molecule has 0 spiro atoms. The molecule has 0 aliphatic heterocycles. The van der Waals surface area contributed by atoms with Gasteiger partial charge in [0.25, 0.3) is 0 Å². The summed E-state index contributed by atoms with van der Waals surface area (Å²) in [7, 11) is -4.07. The number of benzene rings is 1. The second kappa shape index (κ2) is 5.20. The largest absolute Gasteiger partial charge is 0.416 e. The predicted molar refractivity (Wildman–Crippen MR) is 68.0 cm³/mol. The SMILES string of the molecule is CC(C)(C)C(=O)CS(=O)(=O)c1cccc(C(F)(F)F)c1. The first-order chi connectivity index (χ1) is 8.84. The van der Waals surface area contributed by atoms with Crippen LogP contribution in [-0.4, -0.2) is 20.0 Å². The Labute approximate surface area is 115 Å². The van der Waals surface area contributed by atoms with Crippen molar-refractivity contribution in [2.24, 2.45) is 5.41 Å². The van der Waals surface area contributed by atoms with Gasteiger partial charge >= 0.3 is 6.18 Å². The van der Waals surface area contributed by atoms with Crippen molar-refractivity contribution >= 4 is 15.6 Å². The van der Waals surface area contributed by atoms with Gasteiger partial charge in [-0.3, -0.25) is 4.79 Å². The molecule has 1 aromatic rings. The summed E-state index contributed by atoms with van der Waals surface area (Å²) < 4.78 is 61.6. The summed E-state index contributed by atoms with van der Waals surface area (Å²) >= 11 is 0. The van der Waals surface area contributed by atoms with Gasteiger partial charge in [0.2, 0.25) is 0 Å². The van der Waals surface area contributed by atoms with Gasteiger partial charge in [0.05, 0.1) is 10.5 Å². The quantitative estimate of drug-likeness (QED) is 0.862. The van der Waals surface area contributed by atoms with Crippen molar-refractivity contribution in [3.05, 3.63) is 29.8 Å². The van der Waals surface area contributed by atoms with Crippen molar-refractivity contribution in [3.8, 4) is 0 Å². The van der Waals surface area contributed by atoms with E-state index < -0.39 is 43.4 Å². The summed E-state index contributed by atoms with van der Waals surface area (Å²) in [5, 5.41) is 0. The summed E-state index contributed by atoms with van der Waals surface area (Å²) in [6.07, 6.45) is -4.63. The lowest BCUT2D eigenvalue weighted by molar-refractivity contribution is -0.137. The van der Waals surface area contributed by atoms with Crippen LogP contribution in [0.15, 0.2) is 29.2 Å². The van der Waals surface area contributed by atoms with Crippen molar-refractivity contribution in [3.63, 3.8) is 0 Å². The average Bonchev–Trinajstić information content (AvgIpc) is 2.26. The third-order valence-corrected chi connectivity index (χ3v) is 4.29. The lowest BCUT2D eigenvalue weighted by Crippen LogP contribution is -2.28. The second-order valence-electron chi connectivity index (χ2n) is 5.46. The van der Waals surface area contributed by atoms with Crippen LogP contribution >= 0.6 is 0 Å². The topological polar surface area (TPSA) is 51.2 Å². The predicted octanol–water partition coefficient (Wildman–Crippen LogP) is 3.09. The van der Waals surface area contributed by atoms with E-state index in [2.05, 4.69) is 0 Å². The lowest BCUT2D eigenvalue weighted by Gasteiger charge is -2.16. The number of rotatable bonds is 3. The number of halogens is 3. The van der Waals surface area contributed by atoms with Crippen LogP contribution in [0.1, 0.15) is 26.3 Å². The van der Waals surface area contributed by atoms with Gasteiger partial charge in [0.15, 0.2) is 15.6 Å². The van der Waals surface area contributed by atoms with E-state index in [0.717, 1.165) is 18.2 Å². The van der Waals surface area contributed by atoms with Gasteiger partial charge in [-0.2, -0.15) is 13.2 Å². The molecule has 0 N–H and O–H groups in total. The Hall–Kier alpha value is -1.37. The molecule has 1 rings (SSSR count). The average molecular weight is 308 g/mol. The molecule has 1 aromatic carbocycles. The molecular formula is C13H15F3O3S. The van der Waals surface area contributed by atoms with Crippen LogP contribution in [0.2, 0.25) is 0 Å². The molecule has 0 unspecified atom stereocenters. The number of carbonyl (C=O) groups excluding carboxylic acids is 1. The summed E-state index contributed by atoms with van der Waals surface area (Å²) in [4.78, 5) is 11.2. The van der Waals surface area contributed by atoms with Gasteiger partial charge in [-0.1, -0.05) is 26.8 Å². The molecule has 0 aliphatic rings. The van der Waals surface area contributed by atoms with E-state index in [0.29, 0.717) is 6.07 Å². The molecule has 0 heterocycles. The summed E-state index contributed by atoms with van der Waals surface area (Å²) in [6.45, 7) is 4.66. The van der Waals surface area contributed by atoms with Crippen LogP contribution in [0.5, 0.6) is 0 Å². The Balaban J connectivity index is 3.15. The van der Waals surface area contributed by atoms with Crippen LogP contribution in [0.25, 0.3) is 0 Å². The number of carbonyl (C=O) groups is 1. The fraction of sp³-hybridized carbons (Fsp3) is 0.462. The second-order valence-corrected chi connectivity index (χ2v) is 7.45. The smallest absolute Gasteiger partial charge is 0.298 e. The molecule has 112 valence electrons. The molecule has 0 saturated heterocycles. The van der Waals surface area contributed by atoms with Crippen molar-refractivity contribution in [1.29, 1.82) is 0 Å². The molecule has 20 heavy (non-hydrogen) atoms. The third-order valence-electron chi connectivity index (χ3n) is 2.68. The molecule has 0 saturated carbocycles. The number of alkyl halides is 3. The zero-order valence-corrected chi connectivity index (χ0v) is 12.1. The molecule has 3 nitrogen and oxygen atoms in total. The Morgan fingerprint density at radius 1 is 1.15 bits per heavy atom. The molecule has 0 atom stereocenters. The Morgan fingerprint density at radius 2 is 1.70 bits per heavy atom. The first-order valence-electron chi connectivity index (χ1n) is 5.77. The van der Waals surface area contributed by atoms with Crippen LogP contribution < -0.4 is 0 Å².